The standard InChI is InChI=1S/C30H33N3O5/c1-22(34)38-29-27(32-33-31)17-26(21-35-18-23-11-5-2-6-12-23)28(36-19-24-13-7-3-8-14-24)30(29)37-20-25-15-9-4-10-16-25/h2-16,26-30H,17-21H2,1H3/t26-,27+,28-,29+,30+/m1/s1. The average molecular weight is 516 g/mol. The van der Waals surface area contributed by atoms with Gasteiger partial charge in [-0.3, -0.25) is 4.79 Å². The zero-order chi connectivity index (χ0) is 26.6. The van der Waals surface area contributed by atoms with Crippen molar-refractivity contribution in [2.75, 3.05) is 6.61 Å². The van der Waals surface area contributed by atoms with E-state index in [1.165, 1.54) is 6.92 Å². The Morgan fingerprint density at radius 2 is 1.29 bits per heavy atom. The van der Waals surface area contributed by atoms with Gasteiger partial charge in [0.1, 0.15) is 12.2 Å². The Kier molecular flexibility index (Phi) is 10.3. The Morgan fingerprint density at radius 1 is 0.789 bits per heavy atom. The molecule has 0 aliphatic heterocycles. The molecule has 198 valence electrons. The fourth-order valence-electron chi connectivity index (χ4n) is 4.79. The third kappa shape index (κ3) is 7.91. The maximum atomic E-state index is 12.1. The molecule has 5 atom stereocenters. The number of hydrogen-bond donors (Lipinski definition) is 0. The van der Waals surface area contributed by atoms with Crippen LogP contribution in [0, 0.1) is 5.92 Å². The molecule has 1 aliphatic carbocycles. The smallest absolute Gasteiger partial charge is 0.303 e. The van der Waals surface area contributed by atoms with Crippen LogP contribution in [0.1, 0.15) is 30.0 Å². The minimum absolute atomic E-state index is 0.162. The zero-order valence-corrected chi connectivity index (χ0v) is 21.5. The van der Waals surface area contributed by atoms with Gasteiger partial charge in [0, 0.05) is 17.8 Å². The van der Waals surface area contributed by atoms with Gasteiger partial charge in [0.05, 0.1) is 38.6 Å². The first-order valence-electron chi connectivity index (χ1n) is 12.8. The molecular formula is C30H33N3O5. The minimum Gasteiger partial charge on any atom is -0.459 e. The molecule has 0 amide bonds. The number of rotatable bonds is 12. The van der Waals surface area contributed by atoms with Crippen molar-refractivity contribution in [3.63, 3.8) is 0 Å². The van der Waals surface area contributed by atoms with Crippen LogP contribution in [0.25, 0.3) is 10.4 Å². The molecule has 38 heavy (non-hydrogen) atoms. The van der Waals surface area contributed by atoms with Crippen LogP contribution in [0.5, 0.6) is 0 Å². The van der Waals surface area contributed by atoms with Crippen LogP contribution in [0.3, 0.4) is 0 Å². The average Bonchev–Trinajstić information content (AvgIpc) is 2.94. The first kappa shape index (κ1) is 27.4. The Labute approximate surface area is 223 Å². The monoisotopic (exact) mass is 515 g/mol. The lowest BCUT2D eigenvalue weighted by molar-refractivity contribution is -0.200. The van der Waals surface area contributed by atoms with Crippen LogP contribution in [-0.2, 0) is 43.6 Å². The molecule has 1 aliphatic rings. The molecule has 1 saturated carbocycles. The summed E-state index contributed by atoms with van der Waals surface area (Å²) in [6.45, 7) is 2.79. The summed E-state index contributed by atoms with van der Waals surface area (Å²) < 4.78 is 24.7. The molecule has 0 N–H and O–H groups in total. The number of esters is 1. The number of ether oxygens (including phenoxy) is 4. The van der Waals surface area contributed by atoms with E-state index in [0.717, 1.165) is 16.7 Å². The summed E-state index contributed by atoms with van der Waals surface area (Å²) in [4.78, 5) is 15.1. The fraction of sp³-hybridized carbons (Fsp3) is 0.367. The summed E-state index contributed by atoms with van der Waals surface area (Å²) in [6, 6.07) is 28.9. The molecule has 4 rings (SSSR count). The third-order valence-electron chi connectivity index (χ3n) is 6.55. The Bertz CT molecular complexity index is 1170. The van der Waals surface area contributed by atoms with E-state index >= 15 is 0 Å². The second-order valence-electron chi connectivity index (χ2n) is 9.37. The van der Waals surface area contributed by atoms with Crippen molar-refractivity contribution >= 4 is 5.97 Å². The second-order valence-corrected chi connectivity index (χ2v) is 9.37. The van der Waals surface area contributed by atoms with Crippen LogP contribution in [0.4, 0.5) is 0 Å². The van der Waals surface area contributed by atoms with E-state index in [0.29, 0.717) is 26.2 Å². The SMILES string of the molecule is CC(=O)O[C@@H]1[C@@H](OCc2ccccc2)[C@H](OCc2ccccc2)[C@@H](COCc2ccccc2)C[C@@H]1N=[N+]=[N-]. The lowest BCUT2D eigenvalue weighted by atomic mass is 9.79. The highest BCUT2D eigenvalue weighted by molar-refractivity contribution is 5.66. The highest BCUT2D eigenvalue weighted by atomic mass is 16.6. The summed E-state index contributed by atoms with van der Waals surface area (Å²) in [5, 5.41) is 4.00. The normalized spacial score (nSPS) is 22.8. The highest BCUT2D eigenvalue weighted by Gasteiger charge is 2.48. The van der Waals surface area contributed by atoms with Gasteiger partial charge in [0.2, 0.25) is 0 Å². The van der Waals surface area contributed by atoms with Gasteiger partial charge in [0.15, 0.2) is 0 Å². The van der Waals surface area contributed by atoms with Crippen molar-refractivity contribution in [3.8, 4) is 0 Å². The number of carbonyl (C=O) groups is 1. The third-order valence-corrected chi connectivity index (χ3v) is 6.55. The van der Waals surface area contributed by atoms with Gasteiger partial charge in [-0.1, -0.05) is 96.1 Å². The van der Waals surface area contributed by atoms with E-state index in [-0.39, 0.29) is 12.5 Å². The van der Waals surface area contributed by atoms with Crippen LogP contribution in [0.2, 0.25) is 0 Å². The Balaban J connectivity index is 1.59. The summed E-state index contributed by atoms with van der Waals surface area (Å²) in [7, 11) is 0. The van der Waals surface area contributed by atoms with Crippen LogP contribution >= 0.6 is 0 Å². The fourth-order valence-corrected chi connectivity index (χ4v) is 4.79. The van der Waals surface area contributed by atoms with Crippen molar-refractivity contribution in [3.05, 3.63) is 118 Å². The molecule has 8 nitrogen and oxygen atoms in total. The van der Waals surface area contributed by atoms with E-state index in [9.17, 15) is 10.3 Å². The van der Waals surface area contributed by atoms with Crippen molar-refractivity contribution < 1.29 is 23.7 Å². The van der Waals surface area contributed by atoms with E-state index in [4.69, 9.17) is 18.9 Å². The molecule has 0 radical (unpaired) electrons. The molecule has 8 heteroatoms. The van der Waals surface area contributed by atoms with Gasteiger partial charge >= 0.3 is 5.97 Å². The van der Waals surface area contributed by atoms with Crippen molar-refractivity contribution in [2.45, 2.75) is 57.5 Å². The minimum atomic E-state index is -0.793. The number of benzene rings is 3. The predicted molar refractivity (Wildman–Crippen MR) is 143 cm³/mol. The largest absolute Gasteiger partial charge is 0.459 e. The maximum absolute atomic E-state index is 12.1. The lowest BCUT2D eigenvalue weighted by Crippen LogP contribution is -2.57. The van der Waals surface area contributed by atoms with E-state index < -0.39 is 30.3 Å². The van der Waals surface area contributed by atoms with E-state index in [1.807, 2.05) is 91.0 Å². The predicted octanol–water partition coefficient (Wildman–Crippen LogP) is 6.00. The van der Waals surface area contributed by atoms with E-state index in [1.54, 1.807) is 0 Å². The Hall–Kier alpha value is -3.68. The van der Waals surface area contributed by atoms with Gasteiger partial charge in [-0.15, -0.1) is 0 Å². The zero-order valence-electron chi connectivity index (χ0n) is 21.5. The van der Waals surface area contributed by atoms with Gasteiger partial charge in [-0.2, -0.15) is 0 Å². The van der Waals surface area contributed by atoms with Gasteiger partial charge < -0.3 is 18.9 Å². The van der Waals surface area contributed by atoms with Crippen LogP contribution < -0.4 is 0 Å². The quantitative estimate of drug-likeness (QED) is 0.127. The molecule has 0 saturated heterocycles. The van der Waals surface area contributed by atoms with Crippen molar-refractivity contribution in [1.82, 2.24) is 0 Å². The van der Waals surface area contributed by atoms with E-state index in [2.05, 4.69) is 10.0 Å². The number of nitrogens with zero attached hydrogens (tertiary/aromatic N) is 3. The summed E-state index contributed by atoms with van der Waals surface area (Å²) in [6.07, 6.45) is -1.50. The molecule has 0 bridgehead atoms. The molecule has 0 unspecified atom stereocenters. The van der Waals surface area contributed by atoms with Crippen molar-refractivity contribution in [1.29, 1.82) is 0 Å². The molecule has 0 aromatic heterocycles. The second kappa shape index (κ2) is 14.3. The first-order chi connectivity index (χ1) is 18.6. The molecular weight excluding hydrogens is 482 g/mol. The first-order valence-corrected chi connectivity index (χ1v) is 12.8. The molecule has 3 aromatic rings. The molecule has 0 heterocycles. The van der Waals surface area contributed by atoms with Crippen molar-refractivity contribution in [2.24, 2.45) is 11.0 Å². The van der Waals surface area contributed by atoms with Gasteiger partial charge in [0.25, 0.3) is 0 Å². The van der Waals surface area contributed by atoms with Gasteiger partial charge in [-0.25, -0.2) is 0 Å². The summed E-state index contributed by atoms with van der Waals surface area (Å²) in [5.74, 6) is -0.632. The lowest BCUT2D eigenvalue weighted by Gasteiger charge is -2.44. The van der Waals surface area contributed by atoms with Crippen LogP contribution in [0.15, 0.2) is 96.1 Å². The Morgan fingerprint density at radius 3 is 1.79 bits per heavy atom. The number of hydrogen-bond acceptors (Lipinski definition) is 6. The highest BCUT2D eigenvalue weighted by Crippen LogP contribution is 2.35. The summed E-state index contributed by atoms with van der Waals surface area (Å²) in [5.41, 5.74) is 12.4. The number of carbonyl (C=O) groups excluding carboxylic acids is 1. The topological polar surface area (TPSA) is 103 Å². The molecule has 1 fully saturated rings. The molecule has 3 aromatic carbocycles. The maximum Gasteiger partial charge on any atom is 0.303 e. The number of azide groups is 1. The van der Waals surface area contributed by atoms with Gasteiger partial charge in [-0.05, 0) is 28.6 Å². The summed E-state index contributed by atoms with van der Waals surface area (Å²) >= 11 is 0. The van der Waals surface area contributed by atoms with Crippen LogP contribution in [-0.4, -0.2) is 36.9 Å². The molecule has 0 spiro atoms.